The lowest BCUT2D eigenvalue weighted by atomic mass is 10.1. The van der Waals surface area contributed by atoms with Crippen molar-refractivity contribution in [3.8, 4) is 11.3 Å². The summed E-state index contributed by atoms with van der Waals surface area (Å²) in [6, 6.07) is 5.77. The summed E-state index contributed by atoms with van der Waals surface area (Å²) < 4.78 is 0. The van der Waals surface area contributed by atoms with Crippen molar-refractivity contribution in [3.63, 3.8) is 0 Å². The minimum absolute atomic E-state index is 0.0124. The van der Waals surface area contributed by atoms with Crippen LogP contribution in [0.25, 0.3) is 11.3 Å². The number of hydrogen-bond donors (Lipinski definition) is 1. The molecule has 0 radical (unpaired) electrons. The SMILES string of the molecule is CC(=O)c1n[nH]nc1-c1ccc([N+](=O)[O-])cc1. The molecule has 1 heterocycles. The number of carbonyl (C=O) groups excluding carboxylic acids is 1. The van der Waals surface area contributed by atoms with Crippen molar-refractivity contribution >= 4 is 11.5 Å². The van der Waals surface area contributed by atoms with Gasteiger partial charge in [0.05, 0.1) is 4.92 Å². The van der Waals surface area contributed by atoms with Crippen LogP contribution in [0.2, 0.25) is 0 Å². The Kier molecular flexibility index (Phi) is 2.65. The van der Waals surface area contributed by atoms with Gasteiger partial charge < -0.3 is 0 Å². The number of rotatable bonds is 3. The smallest absolute Gasteiger partial charge is 0.269 e. The Hall–Kier alpha value is -2.57. The number of nitro benzene ring substituents is 1. The van der Waals surface area contributed by atoms with Gasteiger partial charge in [0, 0.05) is 24.6 Å². The molecule has 7 heteroatoms. The molecule has 0 aliphatic heterocycles. The van der Waals surface area contributed by atoms with Crippen molar-refractivity contribution in [1.82, 2.24) is 15.4 Å². The number of nitro groups is 1. The average molecular weight is 232 g/mol. The van der Waals surface area contributed by atoms with Gasteiger partial charge in [-0.05, 0) is 12.1 Å². The van der Waals surface area contributed by atoms with Gasteiger partial charge in [0.25, 0.3) is 5.69 Å². The van der Waals surface area contributed by atoms with Crippen LogP contribution in [0.15, 0.2) is 24.3 Å². The molecule has 0 saturated carbocycles. The van der Waals surface area contributed by atoms with Crippen molar-refractivity contribution in [2.45, 2.75) is 6.92 Å². The van der Waals surface area contributed by atoms with E-state index in [1.807, 2.05) is 0 Å². The van der Waals surface area contributed by atoms with E-state index in [0.29, 0.717) is 11.3 Å². The normalized spacial score (nSPS) is 10.2. The largest absolute Gasteiger partial charge is 0.293 e. The number of nitrogens with zero attached hydrogens (tertiary/aromatic N) is 3. The molecule has 0 aliphatic carbocycles. The minimum Gasteiger partial charge on any atom is -0.293 e. The maximum absolute atomic E-state index is 11.2. The molecule has 0 unspecified atom stereocenters. The zero-order valence-corrected chi connectivity index (χ0v) is 8.88. The van der Waals surface area contributed by atoms with Crippen LogP contribution in [0.4, 0.5) is 5.69 Å². The predicted octanol–water partition coefficient (Wildman–Crippen LogP) is 1.58. The summed E-state index contributed by atoms with van der Waals surface area (Å²) in [4.78, 5) is 21.2. The summed E-state index contributed by atoms with van der Waals surface area (Å²) in [6.45, 7) is 1.38. The molecule has 0 bridgehead atoms. The maximum atomic E-state index is 11.2. The summed E-state index contributed by atoms with van der Waals surface area (Å²) in [7, 11) is 0. The average Bonchev–Trinajstić information content (AvgIpc) is 2.78. The Morgan fingerprint density at radius 2 is 1.94 bits per heavy atom. The van der Waals surface area contributed by atoms with Crippen molar-refractivity contribution in [1.29, 1.82) is 0 Å². The lowest BCUT2D eigenvalue weighted by molar-refractivity contribution is -0.384. The van der Waals surface area contributed by atoms with Crippen molar-refractivity contribution in [2.24, 2.45) is 0 Å². The van der Waals surface area contributed by atoms with E-state index >= 15 is 0 Å². The molecule has 1 N–H and O–H groups in total. The first-order valence-corrected chi connectivity index (χ1v) is 4.76. The fourth-order valence-electron chi connectivity index (χ4n) is 1.42. The molecular weight excluding hydrogens is 224 g/mol. The van der Waals surface area contributed by atoms with Crippen LogP contribution in [0.5, 0.6) is 0 Å². The monoisotopic (exact) mass is 232 g/mol. The first-order chi connectivity index (χ1) is 8.09. The summed E-state index contributed by atoms with van der Waals surface area (Å²) in [5.41, 5.74) is 1.21. The lowest BCUT2D eigenvalue weighted by Gasteiger charge is -1.97. The van der Waals surface area contributed by atoms with E-state index in [2.05, 4.69) is 15.4 Å². The van der Waals surface area contributed by atoms with Crippen LogP contribution in [0, 0.1) is 10.1 Å². The van der Waals surface area contributed by atoms with E-state index in [4.69, 9.17) is 0 Å². The Morgan fingerprint density at radius 1 is 1.29 bits per heavy atom. The van der Waals surface area contributed by atoms with Gasteiger partial charge in [0.2, 0.25) is 0 Å². The van der Waals surface area contributed by atoms with Gasteiger partial charge in [-0.15, -0.1) is 0 Å². The Labute approximate surface area is 95.6 Å². The van der Waals surface area contributed by atoms with Crippen LogP contribution < -0.4 is 0 Å². The van der Waals surface area contributed by atoms with E-state index in [-0.39, 0.29) is 17.2 Å². The number of aromatic nitrogens is 3. The number of ketones is 1. The number of aromatic amines is 1. The van der Waals surface area contributed by atoms with Gasteiger partial charge in [0.15, 0.2) is 11.5 Å². The number of benzene rings is 1. The highest BCUT2D eigenvalue weighted by Gasteiger charge is 2.15. The summed E-state index contributed by atoms with van der Waals surface area (Å²) >= 11 is 0. The summed E-state index contributed by atoms with van der Waals surface area (Å²) in [5, 5.41) is 20.4. The molecule has 86 valence electrons. The van der Waals surface area contributed by atoms with Gasteiger partial charge in [-0.3, -0.25) is 14.9 Å². The fourth-order valence-corrected chi connectivity index (χ4v) is 1.42. The highest BCUT2D eigenvalue weighted by Crippen LogP contribution is 2.22. The second-order valence-corrected chi connectivity index (χ2v) is 3.38. The van der Waals surface area contributed by atoms with Gasteiger partial charge in [-0.25, -0.2) is 0 Å². The molecule has 0 fully saturated rings. The molecule has 0 aliphatic rings. The molecule has 7 nitrogen and oxygen atoms in total. The highest BCUT2D eigenvalue weighted by atomic mass is 16.6. The minimum atomic E-state index is -0.488. The van der Waals surface area contributed by atoms with E-state index in [0.717, 1.165) is 0 Å². The molecule has 1 aromatic carbocycles. The topological polar surface area (TPSA) is 102 Å². The third-order valence-corrected chi connectivity index (χ3v) is 2.23. The maximum Gasteiger partial charge on any atom is 0.269 e. The highest BCUT2D eigenvalue weighted by molar-refractivity contribution is 5.97. The number of non-ortho nitro benzene ring substituents is 1. The van der Waals surface area contributed by atoms with Crippen molar-refractivity contribution in [2.75, 3.05) is 0 Å². The molecule has 2 aromatic rings. The molecular formula is C10H8N4O3. The second-order valence-electron chi connectivity index (χ2n) is 3.38. The zero-order chi connectivity index (χ0) is 12.4. The van der Waals surface area contributed by atoms with Crippen LogP contribution in [0.1, 0.15) is 17.4 Å². The first-order valence-electron chi connectivity index (χ1n) is 4.76. The lowest BCUT2D eigenvalue weighted by Crippen LogP contribution is -1.95. The van der Waals surface area contributed by atoms with Gasteiger partial charge in [0.1, 0.15) is 5.69 Å². The number of nitrogens with one attached hydrogen (secondary N) is 1. The van der Waals surface area contributed by atoms with E-state index in [9.17, 15) is 14.9 Å². The van der Waals surface area contributed by atoms with Crippen LogP contribution in [0.3, 0.4) is 0 Å². The molecule has 0 amide bonds. The second kappa shape index (κ2) is 4.12. The predicted molar refractivity (Wildman–Crippen MR) is 58.5 cm³/mol. The molecule has 0 atom stereocenters. The van der Waals surface area contributed by atoms with Gasteiger partial charge in [-0.1, -0.05) is 0 Å². The molecule has 0 spiro atoms. The van der Waals surface area contributed by atoms with Crippen LogP contribution >= 0.6 is 0 Å². The fraction of sp³-hybridized carbons (Fsp3) is 0.100. The summed E-state index contributed by atoms with van der Waals surface area (Å²) in [6.07, 6.45) is 0. The van der Waals surface area contributed by atoms with E-state index in [1.54, 1.807) is 0 Å². The quantitative estimate of drug-likeness (QED) is 0.491. The Bertz CT molecular complexity index is 573. The molecule has 2 rings (SSSR count). The number of Topliss-reactive ketones (excluding diaryl/α,β-unsaturated/α-hetero) is 1. The van der Waals surface area contributed by atoms with Crippen molar-refractivity contribution in [3.05, 3.63) is 40.1 Å². The number of hydrogen-bond acceptors (Lipinski definition) is 5. The van der Waals surface area contributed by atoms with Gasteiger partial charge >= 0.3 is 0 Å². The standard InChI is InChI=1S/C10H8N4O3/c1-6(15)9-10(12-13-11-9)7-2-4-8(5-3-7)14(16)17/h2-5H,1H3,(H,11,12,13). The third-order valence-electron chi connectivity index (χ3n) is 2.23. The van der Waals surface area contributed by atoms with Crippen LogP contribution in [-0.4, -0.2) is 26.1 Å². The summed E-state index contributed by atoms with van der Waals surface area (Å²) in [5.74, 6) is -0.216. The Balaban J connectivity index is 2.43. The number of H-pyrrole nitrogens is 1. The van der Waals surface area contributed by atoms with E-state index < -0.39 is 4.92 Å². The molecule has 0 saturated heterocycles. The van der Waals surface area contributed by atoms with Gasteiger partial charge in [-0.2, -0.15) is 15.4 Å². The molecule has 1 aromatic heterocycles. The van der Waals surface area contributed by atoms with Crippen molar-refractivity contribution < 1.29 is 9.72 Å². The Morgan fingerprint density at radius 3 is 2.47 bits per heavy atom. The first kappa shape index (κ1) is 10.9. The molecule has 17 heavy (non-hydrogen) atoms. The van der Waals surface area contributed by atoms with Crippen LogP contribution in [-0.2, 0) is 0 Å². The zero-order valence-electron chi connectivity index (χ0n) is 8.88. The number of carbonyl (C=O) groups is 1. The van der Waals surface area contributed by atoms with E-state index in [1.165, 1.54) is 31.2 Å². The third kappa shape index (κ3) is 2.03.